The molecule has 2 aromatic heterocycles. The average Bonchev–Trinajstić information content (AvgIpc) is 2.92. The summed E-state index contributed by atoms with van der Waals surface area (Å²) in [4.78, 5) is 28.0. The molecule has 0 aliphatic carbocycles. The standard InChI is InChI=1S/C21H19FN4O/c1-14-17-9-12-26(21(27)19-4-2-3-11-23-19)13-10-18(17)25-20(24-14)15-5-7-16(22)8-6-15/h2-8,11H,9-10,12-13H2,1H3. The number of aromatic nitrogens is 3. The Morgan fingerprint density at radius 3 is 2.56 bits per heavy atom. The Hall–Kier alpha value is -3.15. The fourth-order valence-electron chi connectivity index (χ4n) is 3.37. The maximum Gasteiger partial charge on any atom is 0.272 e. The molecule has 4 rings (SSSR count). The Morgan fingerprint density at radius 1 is 1.04 bits per heavy atom. The highest BCUT2D eigenvalue weighted by Gasteiger charge is 2.23. The first-order valence-electron chi connectivity index (χ1n) is 8.94. The summed E-state index contributed by atoms with van der Waals surface area (Å²) in [5.41, 5.74) is 4.20. The van der Waals surface area contributed by atoms with E-state index in [4.69, 9.17) is 4.98 Å². The van der Waals surface area contributed by atoms with Crippen LogP contribution in [0.5, 0.6) is 0 Å². The fraction of sp³-hybridized carbons (Fsp3) is 0.238. The van der Waals surface area contributed by atoms with Gasteiger partial charge in [0.05, 0.1) is 0 Å². The van der Waals surface area contributed by atoms with Gasteiger partial charge in [-0.1, -0.05) is 6.07 Å². The van der Waals surface area contributed by atoms with Gasteiger partial charge in [-0.2, -0.15) is 0 Å². The molecule has 5 nitrogen and oxygen atoms in total. The SMILES string of the molecule is Cc1nc(-c2ccc(F)cc2)nc2c1CCN(C(=O)c1ccccn1)CC2. The first kappa shape index (κ1) is 17.3. The Balaban J connectivity index is 1.60. The smallest absolute Gasteiger partial charge is 0.272 e. The minimum Gasteiger partial charge on any atom is -0.337 e. The van der Waals surface area contributed by atoms with Gasteiger partial charge in [-0.15, -0.1) is 0 Å². The van der Waals surface area contributed by atoms with E-state index < -0.39 is 0 Å². The lowest BCUT2D eigenvalue weighted by molar-refractivity contribution is 0.0757. The number of aryl methyl sites for hydroxylation is 1. The Labute approximate surface area is 156 Å². The summed E-state index contributed by atoms with van der Waals surface area (Å²) in [6.45, 7) is 3.16. The van der Waals surface area contributed by atoms with Gasteiger partial charge in [-0.25, -0.2) is 14.4 Å². The number of nitrogens with zero attached hydrogens (tertiary/aromatic N) is 4. The van der Waals surface area contributed by atoms with Gasteiger partial charge >= 0.3 is 0 Å². The normalized spacial score (nSPS) is 13.8. The second-order valence-corrected chi connectivity index (χ2v) is 6.57. The predicted molar refractivity (Wildman–Crippen MR) is 99.7 cm³/mol. The molecule has 0 saturated heterocycles. The summed E-state index contributed by atoms with van der Waals surface area (Å²) < 4.78 is 13.2. The van der Waals surface area contributed by atoms with Crippen molar-refractivity contribution < 1.29 is 9.18 Å². The molecule has 3 heterocycles. The second kappa shape index (κ2) is 7.23. The molecule has 1 aliphatic heterocycles. The zero-order valence-corrected chi connectivity index (χ0v) is 15.0. The first-order chi connectivity index (χ1) is 13.1. The van der Waals surface area contributed by atoms with Gasteiger partial charge in [0.25, 0.3) is 5.91 Å². The van der Waals surface area contributed by atoms with Crippen LogP contribution in [-0.4, -0.2) is 38.8 Å². The van der Waals surface area contributed by atoms with E-state index in [9.17, 15) is 9.18 Å². The van der Waals surface area contributed by atoms with Crippen LogP contribution in [0.1, 0.15) is 27.4 Å². The van der Waals surface area contributed by atoms with Crippen LogP contribution in [-0.2, 0) is 12.8 Å². The third kappa shape index (κ3) is 3.56. The van der Waals surface area contributed by atoms with E-state index in [0.717, 1.165) is 22.5 Å². The van der Waals surface area contributed by atoms with Crippen LogP contribution in [0.15, 0.2) is 48.7 Å². The van der Waals surface area contributed by atoms with Crippen LogP contribution < -0.4 is 0 Å². The molecular formula is C21H19FN4O. The lowest BCUT2D eigenvalue weighted by Crippen LogP contribution is -2.33. The molecule has 1 aliphatic rings. The summed E-state index contributed by atoms with van der Waals surface area (Å²) >= 11 is 0. The molecule has 1 amide bonds. The predicted octanol–water partition coefficient (Wildman–Crippen LogP) is 3.23. The third-order valence-electron chi connectivity index (χ3n) is 4.82. The molecule has 0 bridgehead atoms. The summed E-state index contributed by atoms with van der Waals surface area (Å²) in [7, 11) is 0. The van der Waals surface area contributed by atoms with Crippen molar-refractivity contribution in [3.63, 3.8) is 0 Å². The minimum atomic E-state index is -0.283. The van der Waals surface area contributed by atoms with E-state index in [1.165, 1.54) is 12.1 Å². The summed E-state index contributed by atoms with van der Waals surface area (Å²) in [6.07, 6.45) is 3.00. The van der Waals surface area contributed by atoms with Crippen LogP contribution in [0.4, 0.5) is 4.39 Å². The van der Waals surface area contributed by atoms with Crippen LogP contribution in [0.2, 0.25) is 0 Å². The van der Waals surface area contributed by atoms with Gasteiger partial charge in [0.1, 0.15) is 11.5 Å². The van der Waals surface area contributed by atoms with Gasteiger partial charge in [0.2, 0.25) is 0 Å². The number of halogens is 1. The molecule has 0 atom stereocenters. The van der Waals surface area contributed by atoms with Crippen molar-refractivity contribution in [3.8, 4) is 11.4 Å². The average molecular weight is 362 g/mol. The van der Waals surface area contributed by atoms with Gasteiger partial charge in [0.15, 0.2) is 5.82 Å². The van der Waals surface area contributed by atoms with Crippen molar-refractivity contribution in [3.05, 3.63) is 77.1 Å². The number of hydrogen-bond acceptors (Lipinski definition) is 4. The van der Waals surface area contributed by atoms with E-state index in [0.29, 0.717) is 37.4 Å². The molecule has 0 radical (unpaired) electrons. The minimum absolute atomic E-state index is 0.0622. The van der Waals surface area contributed by atoms with Gasteiger partial charge in [-0.3, -0.25) is 9.78 Å². The molecule has 27 heavy (non-hydrogen) atoms. The largest absolute Gasteiger partial charge is 0.337 e. The Bertz CT molecular complexity index is 973. The van der Waals surface area contributed by atoms with Crippen molar-refractivity contribution >= 4 is 5.91 Å². The molecule has 136 valence electrons. The molecule has 0 fully saturated rings. The molecule has 0 unspecified atom stereocenters. The second-order valence-electron chi connectivity index (χ2n) is 6.57. The van der Waals surface area contributed by atoms with E-state index >= 15 is 0 Å². The monoisotopic (exact) mass is 362 g/mol. The zero-order chi connectivity index (χ0) is 18.8. The number of benzene rings is 1. The van der Waals surface area contributed by atoms with Gasteiger partial charge in [0, 0.05) is 42.7 Å². The number of pyridine rings is 1. The van der Waals surface area contributed by atoms with Crippen molar-refractivity contribution in [2.24, 2.45) is 0 Å². The van der Waals surface area contributed by atoms with E-state index in [-0.39, 0.29) is 11.7 Å². The van der Waals surface area contributed by atoms with Crippen molar-refractivity contribution in [2.45, 2.75) is 19.8 Å². The fourth-order valence-corrected chi connectivity index (χ4v) is 3.37. The molecule has 0 spiro atoms. The lowest BCUT2D eigenvalue weighted by Gasteiger charge is -2.19. The summed E-state index contributed by atoms with van der Waals surface area (Å²) in [6, 6.07) is 11.5. The highest BCUT2D eigenvalue weighted by Crippen LogP contribution is 2.23. The highest BCUT2D eigenvalue weighted by atomic mass is 19.1. The van der Waals surface area contributed by atoms with Crippen LogP contribution in [0, 0.1) is 12.7 Å². The number of carbonyl (C=O) groups is 1. The number of carbonyl (C=O) groups excluding carboxylic acids is 1. The number of rotatable bonds is 2. The third-order valence-corrected chi connectivity index (χ3v) is 4.82. The Morgan fingerprint density at radius 2 is 1.81 bits per heavy atom. The quantitative estimate of drug-likeness (QED) is 0.702. The van der Waals surface area contributed by atoms with Crippen LogP contribution in [0.25, 0.3) is 11.4 Å². The van der Waals surface area contributed by atoms with E-state index in [1.807, 2.05) is 17.9 Å². The maximum absolute atomic E-state index is 13.2. The van der Waals surface area contributed by atoms with Crippen molar-refractivity contribution in [1.29, 1.82) is 0 Å². The van der Waals surface area contributed by atoms with Gasteiger partial charge < -0.3 is 4.90 Å². The van der Waals surface area contributed by atoms with E-state index in [2.05, 4.69) is 9.97 Å². The Kier molecular flexibility index (Phi) is 4.62. The summed E-state index contributed by atoms with van der Waals surface area (Å²) in [5, 5.41) is 0. The molecule has 0 saturated carbocycles. The maximum atomic E-state index is 13.2. The molecule has 0 N–H and O–H groups in total. The van der Waals surface area contributed by atoms with Crippen LogP contribution >= 0.6 is 0 Å². The number of hydrogen-bond donors (Lipinski definition) is 0. The van der Waals surface area contributed by atoms with Crippen molar-refractivity contribution in [2.75, 3.05) is 13.1 Å². The molecule has 1 aromatic carbocycles. The lowest BCUT2D eigenvalue weighted by atomic mass is 10.1. The molecule has 6 heteroatoms. The van der Waals surface area contributed by atoms with Crippen molar-refractivity contribution in [1.82, 2.24) is 19.9 Å². The number of amides is 1. The molecule has 3 aromatic rings. The first-order valence-corrected chi connectivity index (χ1v) is 8.94. The topological polar surface area (TPSA) is 59.0 Å². The van der Waals surface area contributed by atoms with Crippen LogP contribution in [0.3, 0.4) is 0 Å². The molecular weight excluding hydrogens is 343 g/mol. The van der Waals surface area contributed by atoms with E-state index in [1.54, 1.807) is 30.5 Å². The van der Waals surface area contributed by atoms with Gasteiger partial charge in [-0.05, 0) is 55.3 Å². The highest BCUT2D eigenvalue weighted by molar-refractivity contribution is 5.92. The zero-order valence-electron chi connectivity index (χ0n) is 15.0. The number of fused-ring (bicyclic) bond motifs is 1. The summed E-state index contributed by atoms with van der Waals surface area (Å²) in [5.74, 6) is 0.248.